The van der Waals surface area contributed by atoms with Gasteiger partial charge in [-0.15, -0.1) is 0 Å². The minimum absolute atomic E-state index is 0.000509. The first-order valence-electron chi connectivity index (χ1n) is 5.80. The van der Waals surface area contributed by atoms with E-state index in [0.717, 1.165) is 22.7 Å². The van der Waals surface area contributed by atoms with Crippen LogP contribution >= 0.6 is 11.8 Å². The lowest BCUT2D eigenvalue weighted by atomic mass is 10.2. The van der Waals surface area contributed by atoms with Crippen LogP contribution in [0.25, 0.3) is 5.70 Å². The van der Waals surface area contributed by atoms with Crippen LogP contribution in [0.15, 0.2) is 29.6 Å². The highest BCUT2D eigenvalue weighted by molar-refractivity contribution is 8.04. The van der Waals surface area contributed by atoms with Gasteiger partial charge in [-0.25, -0.2) is 13.8 Å². The van der Waals surface area contributed by atoms with Crippen LogP contribution in [0, 0.1) is 11.6 Å². The van der Waals surface area contributed by atoms with E-state index in [-0.39, 0.29) is 5.82 Å². The lowest BCUT2D eigenvalue weighted by Gasteiger charge is -2.25. The Kier molecular flexibility index (Phi) is 3.19. The highest BCUT2D eigenvalue weighted by Gasteiger charge is 2.33. The van der Waals surface area contributed by atoms with Gasteiger partial charge in [0.1, 0.15) is 11.3 Å². The molecule has 0 spiro atoms. The summed E-state index contributed by atoms with van der Waals surface area (Å²) in [5.41, 5.74) is 6.99. The van der Waals surface area contributed by atoms with E-state index in [2.05, 4.69) is 15.2 Å². The average molecular weight is 295 g/mol. The Balaban J connectivity index is 2.11. The Hall–Kier alpha value is -1.93. The smallest absolute Gasteiger partial charge is 0.171 e. The molecule has 8 heteroatoms. The molecule has 1 atom stereocenters. The molecule has 0 aromatic carbocycles. The van der Waals surface area contributed by atoms with E-state index in [9.17, 15) is 8.78 Å². The van der Waals surface area contributed by atoms with Gasteiger partial charge in [0.25, 0.3) is 0 Å². The summed E-state index contributed by atoms with van der Waals surface area (Å²) in [6.07, 6.45) is 4.27. The number of nitrogens with two attached hydrogens (primary N) is 1. The number of hydrogen-bond donors (Lipinski definition) is 2. The number of rotatable bonds is 2. The fourth-order valence-electron chi connectivity index (χ4n) is 2.12. The molecular formula is C12H11F2N5S. The van der Waals surface area contributed by atoms with Crippen molar-refractivity contribution < 1.29 is 8.78 Å². The molecular weight excluding hydrogens is 284 g/mol. The summed E-state index contributed by atoms with van der Waals surface area (Å²) in [6.45, 7) is 1.88. The van der Waals surface area contributed by atoms with Gasteiger partial charge >= 0.3 is 0 Å². The minimum Gasteiger partial charge on any atom is -0.302 e. The molecule has 1 unspecified atom stereocenters. The van der Waals surface area contributed by atoms with Crippen LogP contribution in [0.3, 0.4) is 0 Å². The third kappa shape index (κ3) is 2.06. The number of hydrogen-bond acceptors (Lipinski definition) is 5. The zero-order valence-electron chi connectivity index (χ0n) is 10.5. The number of halogens is 2. The third-order valence-electron chi connectivity index (χ3n) is 2.91. The van der Waals surface area contributed by atoms with Crippen LogP contribution in [0.4, 0.5) is 14.6 Å². The summed E-state index contributed by atoms with van der Waals surface area (Å²) in [7, 11) is 0. The summed E-state index contributed by atoms with van der Waals surface area (Å²) in [4.78, 5) is 6.28. The average Bonchev–Trinajstić information content (AvgIpc) is 2.97. The van der Waals surface area contributed by atoms with Gasteiger partial charge in [0, 0.05) is 22.7 Å². The maximum absolute atomic E-state index is 14.0. The van der Waals surface area contributed by atoms with Crippen molar-refractivity contribution >= 4 is 23.3 Å². The number of aromatic nitrogens is 3. The second kappa shape index (κ2) is 4.88. The van der Waals surface area contributed by atoms with E-state index in [1.807, 2.05) is 6.92 Å². The molecule has 3 rings (SSSR count). The summed E-state index contributed by atoms with van der Waals surface area (Å²) in [5.74, 6) is -1.48. The molecule has 0 saturated heterocycles. The van der Waals surface area contributed by atoms with Gasteiger partial charge in [0.2, 0.25) is 0 Å². The maximum atomic E-state index is 14.0. The fourth-order valence-corrected chi connectivity index (χ4v) is 3.12. The Labute approximate surface area is 117 Å². The predicted molar refractivity (Wildman–Crippen MR) is 73.4 cm³/mol. The molecule has 0 aliphatic carbocycles. The molecule has 5 nitrogen and oxygen atoms in total. The second-order valence-corrected chi connectivity index (χ2v) is 5.56. The van der Waals surface area contributed by atoms with Crippen LogP contribution in [0.2, 0.25) is 0 Å². The number of anilines is 1. The summed E-state index contributed by atoms with van der Waals surface area (Å²) in [6, 6.07) is 0.792. The first-order valence-corrected chi connectivity index (χ1v) is 6.68. The van der Waals surface area contributed by atoms with Gasteiger partial charge in [-0.2, -0.15) is 5.10 Å². The van der Waals surface area contributed by atoms with Gasteiger partial charge in [0.05, 0.1) is 18.1 Å². The van der Waals surface area contributed by atoms with Crippen molar-refractivity contribution in [3.05, 3.63) is 46.8 Å². The summed E-state index contributed by atoms with van der Waals surface area (Å²) < 4.78 is 27.0. The molecule has 3 N–H and O–H groups in total. The normalized spacial score (nSPS) is 19.0. The molecule has 20 heavy (non-hydrogen) atoms. The molecule has 1 aliphatic heterocycles. The standard InChI is InChI=1S/C12H11F2N5S/c1-6-10(7-3-17-18-4-7)19(12(15)20-6)11-9(14)2-8(13)5-16-11/h2-5,12H,15H2,1H3,(H,17,18). The van der Waals surface area contributed by atoms with Crippen molar-refractivity contribution in [3.8, 4) is 0 Å². The van der Waals surface area contributed by atoms with Gasteiger partial charge in [0.15, 0.2) is 11.6 Å². The fraction of sp³-hybridized carbons (Fsp3) is 0.167. The third-order valence-corrected chi connectivity index (χ3v) is 3.91. The monoisotopic (exact) mass is 295 g/mol. The molecule has 2 aromatic rings. The quantitative estimate of drug-likeness (QED) is 0.889. The second-order valence-electron chi connectivity index (χ2n) is 4.23. The van der Waals surface area contributed by atoms with Crippen LogP contribution in [0.5, 0.6) is 0 Å². The van der Waals surface area contributed by atoms with Crippen molar-refractivity contribution in [1.82, 2.24) is 15.2 Å². The molecule has 104 valence electrons. The Morgan fingerprint density at radius 2 is 2.20 bits per heavy atom. The number of H-pyrrole nitrogens is 1. The highest BCUT2D eigenvalue weighted by Crippen LogP contribution is 2.43. The van der Waals surface area contributed by atoms with Crippen LogP contribution in [-0.2, 0) is 0 Å². The number of thioether (sulfide) groups is 1. The van der Waals surface area contributed by atoms with E-state index in [4.69, 9.17) is 5.73 Å². The Bertz CT molecular complexity index is 670. The first kappa shape index (κ1) is 13.1. The molecule has 0 saturated carbocycles. The topological polar surface area (TPSA) is 70.8 Å². The SMILES string of the molecule is CC1=C(c2cn[nH]c2)N(c2ncc(F)cc2F)C(N)S1. The molecule has 2 aromatic heterocycles. The summed E-state index contributed by atoms with van der Waals surface area (Å²) >= 11 is 1.38. The zero-order chi connectivity index (χ0) is 14.3. The molecule has 0 fully saturated rings. The van der Waals surface area contributed by atoms with E-state index < -0.39 is 17.1 Å². The molecule has 0 bridgehead atoms. The number of nitrogens with zero attached hydrogens (tertiary/aromatic N) is 3. The van der Waals surface area contributed by atoms with Gasteiger partial charge in [-0.3, -0.25) is 10.00 Å². The van der Waals surface area contributed by atoms with Crippen molar-refractivity contribution in [2.24, 2.45) is 5.73 Å². The lowest BCUT2D eigenvalue weighted by Crippen LogP contribution is -2.35. The Morgan fingerprint density at radius 3 is 2.85 bits per heavy atom. The van der Waals surface area contributed by atoms with Crippen LogP contribution in [0.1, 0.15) is 12.5 Å². The zero-order valence-corrected chi connectivity index (χ0v) is 11.3. The molecule has 0 amide bonds. The molecule has 1 aliphatic rings. The summed E-state index contributed by atoms with van der Waals surface area (Å²) in [5, 5.41) is 6.58. The Morgan fingerprint density at radius 1 is 1.40 bits per heavy atom. The van der Waals surface area contributed by atoms with Crippen molar-refractivity contribution in [2.75, 3.05) is 4.90 Å². The van der Waals surface area contributed by atoms with Crippen molar-refractivity contribution in [2.45, 2.75) is 12.4 Å². The molecule has 3 heterocycles. The van der Waals surface area contributed by atoms with E-state index in [1.54, 1.807) is 17.3 Å². The van der Waals surface area contributed by atoms with E-state index in [1.165, 1.54) is 11.8 Å². The van der Waals surface area contributed by atoms with Gasteiger partial charge in [-0.05, 0) is 6.92 Å². The van der Waals surface area contributed by atoms with E-state index >= 15 is 0 Å². The number of nitrogens with one attached hydrogen (secondary N) is 1. The number of allylic oxidation sites excluding steroid dienone is 1. The van der Waals surface area contributed by atoms with Gasteiger partial charge in [-0.1, -0.05) is 11.8 Å². The van der Waals surface area contributed by atoms with Crippen LogP contribution in [-0.4, -0.2) is 20.7 Å². The van der Waals surface area contributed by atoms with Crippen LogP contribution < -0.4 is 10.6 Å². The minimum atomic E-state index is -0.753. The van der Waals surface area contributed by atoms with E-state index in [0.29, 0.717) is 5.70 Å². The number of pyridine rings is 1. The van der Waals surface area contributed by atoms with Gasteiger partial charge < -0.3 is 5.73 Å². The lowest BCUT2D eigenvalue weighted by molar-refractivity contribution is 0.571. The molecule has 0 radical (unpaired) electrons. The number of aromatic amines is 1. The predicted octanol–water partition coefficient (Wildman–Crippen LogP) is 2.27. The maximum Gasteiger partial charge on any atom is 0.171 e. The van der Waals surface area contributed by atoms with Crippen molar-refractivity contribution in [1.29, 1.82) is 0 Å². The first-order chi connectivity index (χ1) is 9.58. The van der Waals surface area contributed by atoms with Crippen molar-refractivity contribution in [3.63, 3.8) is 0 Å². The highest BCUT2D eigenvalue weighted by atomic mass is 32.2. The largest absolute Gasteiger partial charge is 0.302 e.